The number of halogens is 1. The van der Waals surface area contributed by atoms with Crippen molar-refractivity contribution in [3.05, 3.63) is 56.6 Å². The van der Waals surface area contributed by atoms with E-state index < -0.39 is 41.5 Å². The largest absolute Gasteiger partial charge is 0.503 e. The van der Waals surface area contributed by atoms with Gasteiger partial charge in [0.2, 0.25) is 11.8 Å². The van der Waals surface area contributed by atoms with Crippen LogP contribution in [-0.2, 0) is 19.2 Å². The second-order valence-electron chi connectivity index (χ2n) is 9.13. The van der Waals surface area contributed by atoms with Crippen molar-refractivity contribution >= 4 is 45.3 Å². The van der Waals surface area contributed by atoms with Gasteiger partial charge in [0.15, 0.2) is 23.1 Å². The summed E-state index contributed by atoms with van der Waals surface area (Å²) in [6, 6.07) is 2.10. The predicted octanol–water partition coefficient (Wildman–Crippen LogP) is 2.67. The number of carbonyl (C=O) groups excluding carboxylic acids is 5. The number of allylic oxidation sites excluding steroid dienone is 6. The van der Waals surface area contributed by atoms with Gasteiger partial charge in [-0.2, -0.15) is 4.90 Å². The maximum absolute atomic E-state index is 13.2. The van der Waals surface area contributed by atoms with E-state index in [-0.39, 0.29) is 35.9 Å². The van der Waals surface area contributed by atoms with Crippen LogP contribution in [-0.4, -0.2) is 46.5 Å². The van der Waals surface area contributed by atoms with Crippen LogP contribution in [0.3, 0.4) is 0 Å². The molecule has 0 saturated carbocycles. The third kappa shape index (κ3) is 3.23. The molecule has 0 bridgehead atoms. The summed E-state index contributed by atoms with van der Waals surface area (Å²) in [7, 11) is 1.40. The number of primary amides is 1. The fourth-order valence-corrected chi connectivity index (χ4v) is 6.35. The monoisotopic (exact) mass is 540 g/mol. The number of nitrogens with two attached hydrogens (primary N) is 1. The third-order valence-electron chi connectivity index (χ3n) is 7.39. The Bertz CT molecular complexity index is 1360. The molecule has 4 amide bonds. The zero-order valence-electron chi connectivity index (χ0n) is 18.8. The molecule has 4 atom stereocenters. The number of methoxy groups -OCH3 is 1. The van der Waals surface area contributed by atoms with Gasteiger partial charge in [-0.05, 0) is 65.4 Å². The van der Waals surface area contributed by atoms with E-state index in [1.165, 1.54) is 13.2 Å². The van der Waals surface area contributed by atoms with E-state index in [0.717, 1.165) is 0 Å². The summed E-state index contributed by atoms with van der Waals surface area (Å²) in [5, 5.41) is 10.3. The fourth-order valence-electron chi connectivity index (χ4n) is 5.89. The molecule has 1 fully saturated rings. The summed E-state index contributed by atoms with van der Waals surface area (Å²) in [6.45, 7) is 1.56. The molecule has 9 nitrogen and oxygen atoms in total. The first-order chi connectivity index (χ1) is 16.6. The average molecular weight is 541 g/mol. The first-order valence-electron chi connectivity index (χ1n) is 11.0. The lowest BCUT2D eigenvalue weighted by Crippen LogP contribution is -2.42. The Morgan fingerprint density at radius 2 is 1.89 bits per heavy atom. The fraction of sp³-hybridized carbons (Fsp3) is 0.320. The van der Waals surface area contributed by atoms with E-state index in [1.807, 2.05) is 6.08 Å². The zero-order valence-corrected chi connectivity index (χ0v) is 20.4. The molecular weight excluding hydrogens is 520 g/mol. The van der Waals surface area contributed by atoms with Crippen molar-refractivity contribution in [3.63, 3.8) is 0 Å². The number of fused-ring (bicyclic) bond motifs is 3. The van der Waals surface area contributed by atoms with Gasteiger partial charge in [0.1, 0.15) is 0 Å². The van der Waals surface area contributed by atoms with Gasteiger partial charge in [-0.3, -0.25) is 19.2 Å². The van der Waals surface area contributed by atoms with Crippen molar-refractivity contribution in [2.45, 2.75) is 25.7 Å². The molecule has 1 heterocycles. The van der Waals surface area contributed by atoms with Crippen LogP contribution < -0.4 is 10.5 Å². The highest BCUT2D eigenvalue weighted by Gasteiger charge is 2.57. The average Bonchev–Trinajstić information content (AvgIpc) is 3.08. The van der Waals surface area contributed by atoms with E-state index in [9.17, 15) is 29.1 Å². The van der Waals surface area contributed by atoms with Gasteiger partial charge in [0.05, 0.1) is 23.4 Å². The second-order valence-corrected chi connectivity index (χ2v) is 9.99. The van der Waals surface area contributed by atoms with E-state index in [1.54, 1.807) is 19.1 Å². The predicted molar refractivity (Wildman–Crippen MR) is 125 cm³/mol. The lowest BCUT2D eigenvalue weighted by atomic mass is 9.59. The highest BCUT2D eigenvalue weighted by Crippen LogP contribution is 2.56. The quantitative estimate of drug-likeness (QED) is 0.333. The number of Topliss-reactive ketones (excluding diaryl/α,β-unsaturated/α-hetero) is 1. The lowest BCUT2D eigenvalue weighted by Gasteiger charge is -2.42. The molecule has 1 saturated heterocycles. The molecule has 5 rings (SSSR count). The van der Waals surface area contributed by atoms with Crippen LogP contribution in [0, 0.1) is 17.8 Å². The van der Waals surface area contributed by atoms with Crippen molar-refractivity contribution in [2.24, 2.45) is 23.5 Å². The molecule has 4 aliphatic rings. The van der Waals surface area contributed by atoms with Gasteiger partial charge in [0.25, 0.3) is 0 Å². The van der Waals surface area contributed by atoms with Gasteiger partial charge in [-0.1, -0.05) is 11.6 Å². The Labute approximate surface area is 208 Å². The van der Waals surface area contributed by atoms with Crippen LogP contribution in [0.4, 0.5) is 4.79 Å². The van der Waals surface area contributed by atoms with Crippen molar-refractivity contribution in [3.8, 4) is 11.5 Å². The molecule has 35 heavy (non-hydrogen) atoms. The Balaban J connectivity index is 1.73. The first-order valence-corrected chi connectivity index (χ1v) is 11.8. The number of rotatable bonds is 2. The second kappa shape index (κ2) is 8.01. The van der Waals surface area contributed by atoms with Crippen molar-refractivity contribution in [1.29, 1.82) is 0 Å². The summed E-state index contributed by atoms with van der Waals surface area (Å²) in [5.74, 6) is -4.80. The SMILES string of the molecule is COc1cc([C@H]2C3=CC[C@@H]4C(=O)N(C(N)=O)C(=O)[C@@H]4[C@@H]3CC3=C2C(=O)C=C(C)C3=O)cc(Br)c1O. The van der Waals surface area contributed by atoms with Gasteiger partial charge < -0.3 is 15.6 Å². The van der Waals surface area contributed by atoms with Crippen LogP contribution in [0.1, 0.15) is 31.2 Å². The summed E-state index contributed by atoms with van der Waals surface area (Å²) < 4.78 is 5.63. The molecule has 3 N–H and O–H groups in total. The highest BCUT2D eigenvalue weighted by atomic mass is 79.9. The van der Waals surface area contributed by atoms with Crippen molar-refractivity contribution < 1.29 is 33.8 Å². The number of imide groups is 3. The smallest absolute Gasteiger partial charge is 0.328 e. The van der Waals surface area contributed by atoms with Crippen molar-refractivity contribution in [1.82, 2.24) is 4.90 Å². The van der Waals surface area contributed by atoms with Crippen LogP contribution in [0.2, 0.25) is 0 Å². The molecule has 3 aliphatic carbocycles. The van der Waals surface area contributed by atoms with Gasteiger partial charge >= 0.3 is 6.03 Å². The van der Waals surface area contributed by atoms with Crippen molar-refractivity contribution in [2.75, 3.05) is 7.11 Å². The molecule has 0 aromatic heterocycles. The number of benzene rings is 1. The minimum atomic E-state index is -1.13. The maximum Gasteiger partial charge on any atom is 0.328 e. The van der Waals surface area contributed by atoms with Crippen LogP contribution >= 0.6 is 15.9 Å². The van der Waals surface area contributed by atoms with Gasteiger partial charge in [-0.25, -0.2) is 4.79 Å². The first kappa shape index (κ1) is 23.2. The molecule has 10 heteroatoms. The number of amides is 4. The molecule has 1 aromatic rings. The Morgan fingerprint density at radius 1 is 1.17 bits per heavy atom. The summed E-state index contributed by atoms with van der Waals surface area (Å²) in [4.78, 5) is 64.8. The molecule has 0 spiro atoms. The van der Waals surface area contributed by atoms with Gasteiger partial charge in [0, 0.05) is 22.6 Å². The van der Waals surface area contributed by atoms with Gasteiger partial charge in [-0.15, -0.1) is 0 Å². The molecule has 180 valence electrons. The molecular formula is C25H21BrN2O7. The van der Waals surface area contributed by atoms with Crippen LogP contribution in [0.15, 0.2) is 51.0 Å². The molecule has 1 aromatic carbocycles. The number of urea groups is 1. The maximum atomic E-state index is 13.2. The lowest BCUT2D eigenvalue weighted by molar-refractivity contribution is -0.136. The molecule has 0 radical (unpaired) electrons. The minimum Gasteiger partial charge on any atom is -0.503 e. The van der Waals surface area contributed by atoms with E-state index in [4.69, 9.17) is 10.5 Å². The summed E-state index contributed by atoms with van der Waals surface area (Å²) in [5.41, 5.74) is 7.51. The number of phenolic OH excluding ortho intramolecular Hbond substituents is 1. The Hall–Kier alpha value is -3.53. The number of ether oxygens (including phenoxy) is 1. The number of carbonyl (C=O) groups is 5. The normalized spacial score (nSPS) is 27.8. The number of likely N-dealkylation sites (tertiary alicyclic amines) is 1. The third-order valence-corrected chi connectivity index (χ3v) is 7.99. The van der Waals surface area contributed by atoms with E-state index >= 15 is 0 Å². The minimum absolute atomic E-state index is 0.0938. The highest BCUT2D eigenvalue weighted by molar-refractivity contribution is 9.10. The van der Waals surface area contributed by atoms with E-state index in [0.29, 0.717) is 37.2 Å². The van der Waals surface area contributed by atoms with Crippen LogP contribution in [0.25, 0.3) is 0 Å². The number of nitrogens with zero attached hydrogens (tertiary/aromatic N) is 1. The molecule has 0 unspecified atom stereocenters. The zero-order chi connectivity index (χ0) is 25.3. The van der Waals surface area contributed by atoms with Crippen LogP contribution in [0.5, 0.6) is 11.5 Å². The topological polar surface area (TPSA) is 144 Å². The number of phenols is 1. The number of ketones is 2. The number of hydrogen-bond donors (Lipinski definition) is 2. The molecule has 1 aliphatic heterocycles. The Morgan fingerprint density at radius 3 is 2.54 bits per heavy atom. The summed E-state index contributed by atoms with van der Waals surface area (Å²) >= 11 is 3.32. The number of hydrogen-bond acceptors (Lipinski definition) is 7. The van der Waals surface area contributed by atoms with E-state index in [2.05, 4.69) is 15.9 Å². The number of aromatic hydroxyl groups is 1. The Kier molecular flexibility index (Phi) is 5.32. The standard InChI is InChI=1S/C25H21BrN2O7/c1-9-5-16(29)20-14(21(9)30)8-13-11(18(20)10-6-15(26)22(31)17(7-10)35-2)3-4-12-19(13)24(33)28(23(12)32)25(27)34/h3,5-7,12-13,18-19,31H,4,8H2,1-2H3,(H2,27,34)/t12-,13+,18-,19-/m0/s1. The summed E-state index contributed by atoms with van der Waals surface area (Å²) in [6.07, 6.45) is 3.42.